The zero-order valence-electron chi connectivity index (χ0n) is 13.0. The molecule has 1 amide bonds. The van der Waals surface area contributed by atoms with Crippen LogP contribution in [0.4, 0.5) is 5.13 Å². The number of carbonyl (C=O) groups is 1. The number of carbonyl (C=O) groups excluding carboxylic acids is 1. The van der Waals surface area contributed by atoms with Gasteiger partial charge in [-0.15, -0.1) is 11.3 Å². The summed E-state index contributed by atoms with van der Waals surface area (Å²) in [7, 11) is 2.06. The highest BCUT2D eigenvalue weighted by atomic mass is 32.1. The molecule has 24 heavy (non-hydrogen) atoms. The zero-order chi connectivity index (χ0) is 16.7. The predicted octanol–water partition coefficient (Wildman–Crippen LogP) is 2.49. The molecule has 3 heterocycles. The molecule has 6 nitrogen and oxygen atoms in total. The summed E-state index contributed by atoms with van der Waals surface area (Å²) in [4.78, 5) is 32.4. The Hall–Kier alpha value is -2.51. The van der Waals surface area contributed by atoms with E-state index in [1.54, 1.807) is 24.3 Å². The van der Waals surface area contributed by atoms with Crippen molar-refractivity contribution in [2.45, 2.75) is 13.0 Å². The van der Waals surface area contributed by atoms with Crippen LogP contribution in [0.3, 0.4) is 0 Å². The highest BCUT2D eigenvalue weighted by Gasteiger charge is 2.20. The van der Waals surface area contributed by atoms with Gasteiger partial charge in [-0.3, -0.25) is 14.9 Å². The summed E-state index contributed by atoms with van der Waals surface area (Å²) in [6.07, 6.45) is 0.878. The van der Waals surface area contributed by atoms with Crippen LogP contribution < -0.4 is 10.7 Å². The Morgan fingerprint density at radius 2 is 2.21 bits per heavy atom. The van der Waals surface area contributed by atoms with E-state index in [1.807, 2.05) is 0 Å². The molecule has 0 bridgehead atoms. The summed E-state index contributed by atoms with van der Waals surface area (Å²) in [5.41, 5.74) is 1.20. The summed E-state index contributed by atoms with van der Waals surface area (Å²) < 4.78 is 5.55. The maximum atomic E-state index is 12.4. The minimum Gasteiger partial charge on any atom is -0.451 e. The van der Waals surface area contributed by atoms with Crippen molar-refractivity contribution in [3.63, 3.8) is 0 Å². The average molecular weight is 341 g/mol. The molecule has 3 aromatic rings. The fourth-order valence-corrected chi connectivity index (χ4v) is 3.83. The van der Waals surface area contributed by atoms with E-state index in [9.17, 15) is 9.59 Å². The van der Waals surface area contributed by atoms with Crippen LogP contribution in [0.5, 0.6) is 0 Å². The summed E-state index contributed by atoms with van der Waals surface area (Å²) >= 11 is 1.47. The van der Waals surface area contributed by atoms with Crippen LogP contribution >= 0.6 is 11.3 Å². The van der Waals surface area contributed by atoms with Crippen LogP contribution in [0.1, 0.15) is 21.1 Å². The Kier molecular flexibility index (Phi) is 3.66. The molecule has 1 aromatic carbocycles. The largest absolute Gasteiger partial charge is 0.451 e. The van der Waals surface area contributed by atoms with Gasteiger partial charge in [0, 0.05) is 30.5 Å². The Balaban J connectivity index is 1.62. The first-order chi connectivity index (χ1) is 11.6. The van der Waals surface area contributed by atoms with Gasteiger partial charge in [-0.25, -0.2) is 4.98 Å². The summed E-state index contributed by atoms with van der Waals surface area (Å²) in [6, 6.07) is 8.09. The number of hydrogen-bond donors (Lipinski definition) is 1. The second-order valence-corrected chi connectivity index (χ2v) is 6.89. The lowest BCUT2D eigenvalue weighted by Gasteiger charge is -2.20. The van der Waals surface area contributed by atoms with Crippen molar-refractivity contribution in [1.29, 1.82) is 0 Å². The highest BCUT2D eigenvalue weighted by Crippen LogP contribution is 2.28. The second kappa shape index (κ2) is 5.85. The standard InChI is InChI=1S/C17H15N3O3S/c1-20-7-6-11-15(9-20)24-17(18-11)19-16(22)14-8-12(21)10-4-2-3-5-13(10)23-14/h2-5,8H,6-7,9H2,1H3,(H,18,19,22). The summed E-state index contributed by atoms with van der Waals surface area (Å²) in [5.74, 6) is -0.471. The molecule has 1 N–H and O–H groups in total. The SMILES string of the molecule is CN1CCc2nc(NC(=O)c3cc(=O)c4ccccc4o3)sc2C1. The zero-order valence-corrected chi connectivity index (χ0v) is 13.9. The molecule has 0 spiro atoms. The average Bonchev–Trinajstić information content (AvgIpc) is 2.96. The molecule has 7 heteroatoms. The number of aromatic nitrogens is 1. The van der Waals surface area contributed by atoms with E-state index in [4.69, 9.17) is 4.42 Å². The number of rotatable bonds is 2. The topological polar surface area (TPSA) is 75.4 Å². The van der Waals surface area contributed by atoms with Crippen LogP contribution in [-0.4, -0.2) is 29.4 Å². The van der Waals surface area contributed by atoms with E-state index in [1.165, 1.54) is 22.3 Å². The molecular formula is C17H15N3O3S. The van der Waals surface area contributed by atoms with Crippen molar-refractivity contribution in [1.82, 2.24) is 9.88 Å². The van der Waals surface area contributed by atoms with Gasteiger partial charge >= 0.3 is 0 Å². The van der Waals surface area contributed by atoms with Gasteiger partial charge in [0.15, 0.2) is 16.3 Å². The quantitative estimate of drug-likeness (QED) is 0.775. The third-order valence-electron chi connectivity index (χ3n) is 4.00. The normalized spacial score (nSPS) is 14.5. The van der Waals surface area contributed by atoms with Gasteiger partial charge in [-0.2, -0.15) is 0 Å². The van der Waals surface area contributed by atoms with Gasteiger partial charge in [0.2, 0.25) is 0 Å². The minimum atomic E-state index is -0.461. The Bertz CT molecular complexity index is 992. The molecule has 0 unspecified atom stereocenters. The van der Waals surface area contributed by atoms with Crippen molar-refractivity contribution in [3.8, 4) is 0 Å². The molecule has 0 aliphatic carbocycles. The van der Waals surface area contributed by atoms with Crippen molar-refractivity contribution in [2.24, 2.45) is 0 Å². The lowest BCUT2D eigenvalue weighted by Crippen LogP contribution is -2.25. The fraction of sp³-hybridized carbons (Fsp3) is 0.235. The van der Waals surface area contributed by atoms with Crippen LogP contribution in [-0.2, 0) is 13.0 Å². The van der Waals surface area contributed by atoms with Crippen molar-refractivity contribution in [2.75, 3.05) is 18.9 Å². The van der Waals surface area contributed by atoms with Gasteiger partial charge in [0.1, 0.15) is 5.58 Å². The molecule has 0 fully saturated rings. The van der Waals surface area contributed by atoms with Gasteiger partial charge in [0.25, 0.3) is 5.91 Å². The number of nitrogens with one attached hydrogen (secondary N) is 1. The van der Waals surface area contributed by atoms with E-state index < -0.39 is 5.91 Å². The number of anilines is 1. The van der Waals surface area contributed by atoms with E-state index in [-0.39, 0.29) is 11.2 Å². The number of hydrogen-bond acceptors (Lipinski definition) is 6. The monoisotopic (exact) mass is 341 g/mol. The van der Waals surface area contributed by atoms with Gasteiger partial charge in [0.05, 0.1) is 11.1 Å². The van der Waals surface area contributed by atoms with Gasteiger partial charge in [-0.05, 0) is 19.2 Å². The molecule has 1 aliphatic heterocycles. The summed E-state index contributed by atoms with van der Waals surface area (Å²) in [5, 5.41) is 3.74. The van der Waals surface area contributed by atoms with Crippen LogP contribution in [0.2, 0.25) is 0 Å². The van der Waals surface area contributed by atoms with E-state index in [0.29, 0.717) is 16.1 Å². The fourth-order valence-electron chi connectivity index (χ4n) is 2.75. The molecule has 122 valence electrons. The number of thiazole rings is 1. The Morgan fingerprint density at radius 1 is 1.38 bits per heavy atom. The van der Waals surface area contributed by atoms with Crippen LogP contribution in [0, 0.1) is 0 Å². The predicted molar refractivity (Wildman–Crippen MR) is 92.6 cm³/mol. The second-order valence-electron chi connectivity index (χ2n) is 5.80. The van der Waals surface area contributed by atoms with E-state index in [0.717, 1.165) is 25.2 Å². The highest BCUT2D eigenvalue weighted by molar-refractivity contribution is 7.15. The Morgan fingerprint density at radius 3 is 3.08 bits per heavy atom. The van der Waals surface area contributed by atoms with Crippen LogP contribution in [0.15, 0.2) is 39.5 Å². The Labute approximate surface area is 141 Å². The molecule has 0 saturated carbocycles. The molecular weight excluding hydrogens is 326 g/mol. The maximum absolute atomic E-state index is 12.4. The number of likely N-dealkylation sites (N-methyl/N-ethyl adjacent to an activating group) is 1. The first-order valence-corrected chi connectivity index (χ1v) is 8.43. The maximum Gasteiger partial charge on any atom is 0.293 e. The lowest BCUT2D eigenvalue weighted by molar-refractivity contribution is 0.0997. The molecule has 1 aliphatic rings. The molecule has 2 aromatic heterocycles. The number of amides is 1. The lowest BCUT2D eigenvalue weighted by atomic mass is 10.2. The molecule has 0 saturated heterocycles. The van der Waals surface area contributed by atoms with Crippen molar-refractivity contribution in [3.05, 3.63) is 56.9 Å². The molecule has 0 radical (unpaired) electrons. The van der Waals surface area contributed by atoms with E-state index in [2.05, 4.69) is 22.2 Å². The first kappa shape index (κ1) is 15.0. The van der Waals surface area contributed by atoms with Crippen LogP contribution in [0.25, 0.3) is 11.0 Å². The molecule has 0 atom stereocenters. The number of nitrogens with zero attached hydrogens (tertiary/aromatic N) is 2. The number of fused-ring (bicyclic) bond motifs is 2. The molecule has 4 rings (SSSR count). The summed E-state index contributed by atoms with van der Waals surface area (Å²) in [6.45, 7) is 1.80. The van der Waals surface area contributed by atoms with Crippen molar-refractivity contribution >= 4 is 33.3 Å². The van der Waals surface area contributed by atoms with E-state index >= 15 is 0 Å². The van der Waals surface area contributed by atoms with Crippen molar-refractivity contribution < 1.29 is 9.21 Å². The third kappa shape index (κ3) is 2.72. The number of benzene rings is 1. The minimum absolute atomic E-state index is 0.0102. The number of para-hydroxylation sites is 1. The first-order valence-electron chi connectivity index (χ1n) is 7.61. The third-order valence-corrected chi connectivity index (χ3v) is 5.00. The van der Waals surface area contributed by atoms with Gasteiger partial charge in [-0.1, -0.05) is 12.1 Å². The van der Waals surface area contributed by atoms with Gasteiger partial charge < -0.3 is 9.32 Å². The smallest absolute Gasteiger partial charge is 0.293 e.